The van der Waals surface area contributed by atoms with Gasteiger partial charge in [-0.05, 0) is 42.2 Å². The lowest BCUT2D eigenvalue weighted by atomic mass is 10.3. The summed E-state index contributed by atoms with van der Waals surface area (Å²) < 4.78 is 50.9. The van der Waals surface area contributed by atoms with Crippen LogP contribution < -0.4 is 0 Å². The predicted octanol–water partition coefficient (Wildman–Crippen LogP) is 4.09. The molecule has 0 unspecified atom stereocenters. The Morgan fingerprint density at radius 1 is 1.33 bits per heavy atom. The number of hydrogen-bond acceptors (Lipinski definition) is 2. The highest BCUT2D eigenvalue weighted by Gasteiger charge is 2.27. The molecule has 0 saturated heterocycles. The van der Waals surface area contributed by atoms with Crippen molar-refractivity contribution >= 4 is 35.0 Å². The van der Waals surface area contributed by atoms with Crippen LogP contribution in [0.25, 0.3) is 11.0 Å². The second kappa shape index (κ2) is 4.93. The summed E-state index contributed by atoms with van der Waals surface area (Å²) in [5.74, 6) is -0.616. The molecule has 18 heavy (non-hydrogen) atoms. The SMILES string of the molecule is Fc1ccc2[nH]c(=S)n(CCSC(F)(F)F)c2c1. The molecule has 0 fully saturated rings. The fourth-order valence-corrected chi connectivity index (χ4v) is 2.41. The van der Waals surface area contributed by atoms with Crippen molar-refractivity contribution in [2.24, 2.45) is 0 Å². The van der Waals surface area contributed by atoms with Crippen LogP contribution in [0.1, 0.15) is 0 Å². The van der Waals surface area contributed by atoms with Gasteiger partial charge >= 0.3 is 5.51 Å². The Kier molecular flexibility index (Phi) is 3.67. The lowest BCUT2D eigenvalue weighted by Crippen LogP contribution is -2.07. The van der Waals surface area contributed by atoms with Crippen molar-refractivity contribution < 1.29 is 17.6 Å². The number of fused-ring (bicyclic) bond motifs is 1. The van der Waals surface area contributed by atoms with Crippen LogP contribution in [0.4, 0.5) is 17.6 Å². The van der Waals surface area contributed by atoms with Gasteiger partial charge in [-0.3, -0.25) is 0 Å². The number of aromatic nitrogens is 2. The van der Waals surface area contributed by atoms with Crippen LogP contribution >= 0.6 is 24.0 Å². The van der Waals surface area contributed by atoms with Gasteiger partial charge in [0.2, 0.25) is 0 Å². The Morgan fingerprint density at radius 2 is 2.06 bits per heavy atom. The van der Waals surface area contributed by atoms with Gasteiger partial charge in [-0.15, -0.1) is 0 Å². The first-order valence-corrected chi connectivity index (χ1v) is 6.35. The molecule has 1 aromatic heterocycles. The van der Waals surface area contributed by atoms with Crippen LogP contribution in [0.15, 0.2) is 18.2 Å². The molecule has 8 heteroatoms. The van der Waals surface area contributed by atoms with Crippen molar-refractivity contribution in [1.29, 1.82) is 0 Å². The molecule has 2 nitrogen and oxygen atoms in total. The van der Waals surface area contributed by atoms with E-state index in [0.717, 1.165) is 0 Å². The van der Waals surface area contributed by atoms with Crippen molar-refractivity contribution in [3.63, 3.8) is 0 Å². The number of rotatable bonds is 3. The fraction of sp³-hybridized carbons (Fsp3) is 0.300. The maximum atomic E-state index is 13.1. The Hall–Kier alpha value is -1.02. The highest BCUT2D eigenvalue weighted by Crippen LogP contribution is 2.30. The van der Waals surface area contributed by atoms with Crippen molar-refractivity contribution in [3.05, 3.63) is 28.8 Å². The third-order valence-electron chi connectivity index (χ3n) is 2.32. The summed E-state index contributed by atoms with van der Waals surface area (Å²) in [6.07, 6.45) is 0. The summed E-state index contributed by atoms with van der Waals surface area (Å²) in [5, 5.41) is 0. The number of aromatic amines is 1. The number of alkyl halides is 3. The standard InChI is InChI=1S/C10H8F4N2S2/c11-6-1-2-7-8(5-6)16(9(17)15-7)3-4-18-10(12,13)14/h1-2,5H,3-4H2,(H,15,17). The van der Waals surface area contributed by atoms with E-state index in [9.17, 15) is 17.6 Å². The van der Waals surface area contributed by atoms with E-state index in [0.29, 0.717) is 15.8 Å². The van der Waals surface area contributed by atoms with Gasteiger partial charge in [0.15, 0.2) is 4.77 Å². The van der Waals surface area contributed by atoms with Crippen LogP contribution in [-0.4, -0.2) is 20.8 Å². The molecule has 1 aromatic carbocycles. The maximum Gasteiger partial charge on any atom is 0.441 e. The molecule has 0 aliphatic heterocycles. The van der Waals surface area contributed by atoms with Crippen molar-refractivity contribution in [2.75, 3.05) is 5.75 Å². The van der Waals surface area contributed by atoms with Gasteiger partial charge in [-0.2, -0.15) is 13.2 Å². The van der Waals surface area contributed by atoms with Crippen molar-refractivity contribution in [1.82, 2.24) is 9.55 Å². The van der Waals surface area contributed by atoms with Gasteiger partial charge in [-0.25, -0.2) is 4.39 Å². The molecule has 98 valence electrons. The number of imidazole rings is 1. The molecular weight excluding hydrogens is 288 g/mol. The van der Waals surface area contributed by atoms with Gasteiger partial charge in [0, 0.05) is 12.3 Å². The Balaban J connectivity index is 2.25. The Bertz CT molecular complexity index is 614. The average Bonchev–Trinajstić information content (AvgIpc) is 2.54. The molecule has 0 radical (unpaired) electrons. The Morgan fingerprint density at radius 3 is 2.72 bits per heavy atom. The molecule has 0 aliphatic rings. The normalized spacial score (nSPS) is 12.2. The van der Waals surface area contributed by atoms with E-state index in [4.69, 9.17) is 12.2 Å². The number of H-pyrrole nitrogens is 1. The summed E-state index contributed by atoms with van der Waals surface area (Å²) in [5.41, 5.74) is -3.18. The van der Waals surface area contributed by atoms with Crippen LogP contribution in [0.2, 0.25) is 0 Å². The summed E-state index contributed by atoms with van der Waals surface area (Å²) in [6, 6.07) is 4.02. The van der Waals surface area contributed by atoms with E-state index >= 15 is 0 Å². The maximum absolute atomic E-state index is 13.1. The lowest BCUT2D eigenvalue weighted by molar-refractivity contribution is -0.0328. The minimum Gasteiger partial charge on any atom is -0.331 e. The third kappa shape index (κ3) is 3.05. The second-order valence-electron chi connectivity index (χ2n) is 3.54. The predicted molar refractivity (Wildman–Crippen MR) is 65.6 cm³/mol. The molecule has 0 aliphatic carbocycles. The molecule has 2 aromatic rings. The number of aryl methyl sites for hydroxylation is 1. The zero-order valence-corrected chi connectivity index (χ0v) is 10.6. The van der Waals surface area contributed by atoms with Crippen molar-refractivity contribution in [2.45, 2.75) is 12.1 Å². The molecule has 0 saturated carbocycles. The largest absolute Gasteiger partial charge is 0.441 e. The minimum atomic E-state index is -4.26. The number of nitrogens with one attached hydrogen (secondary N) is 1. The van der Waals surface area contributed by atoms with E-state index < -0.39 is 11.3 Å². The molecule has 1 heterocycles. The summed E-state index contributed by atoms with van der Waals surface area (Å²) in [7, 11) is 0. The summed E-state index contributed by atoms with van der Waals surface area (Å²) >= 11 is 4.88. The Labute approximate surface area is 109 Å². The molecule has 1 N–H and O–H groups in total. The zero-order valence-electron chi connectivity index (χ0n) is 8.92. The van der Waals surface area contributed by atoms with E-state index in [2.05, 4.69) is 4.98 Å². The summed E-state index contributed by atoms with van der Waals surface area (Å²) in [6.45, 7) is 0.0759. The van der Waals surface area contributed by atoms with Crippen LogP contribution in [0, 0.1) is 10.6 Å². The first-order chi connectivity index (χ1) is 8.37. The van der Waals surface area contributed by atoms with Gasteiger partial charge in [-0.1, -0.05) is 0 Å². The average molecular weight is 296 g/mol. The van der Waals surface area contributed by atoms with Crippen molar-refractivity contribution in [3.8, 4) is 0 Å². The fourth-order valence-electron chi connectivity index (χ4n) is 1.60. The molecular formula is C10H8F4N2S2. The highest BCUT2D eigenvalue weighted by atomic mass is 32.2. The molecule has 0 amide bonds. The first-order valence-electron chi connectivity index (χ1n) is 4.95. The first kappa shape index (κ1) is 13.4. The zero-order chi connectivity index (χ0) is 13.3. The molecule has 0 atom stereocenters. The second-order valence-corrected chi connectivity index (χ2v) is 5.08. The van der Waals surface area contributed by atoms with Gasteiger partial charge in [0.05, 0.1) is 11.0 Å². The molecule has 2 rings (SSSR count). The topological polar surface area (TPSA) is 20.7 Å². The number of benzene rings is 1. The number of halogens is 4. The quantitative estimate of drug-likeness (QED) is 0.680. The molecule has 0 spiro atoms. The van der Waals surface area contributed by atoms with Crippen LogP contribution in [0.5, 0.6) is 0 Å². The van der Waals surface area contributed by atoms with E-state index in [1.807, 2.05) is 0 Å². The van der Waals surface area contributed by atoms with E-state index in [1.54, 1.807) is 0 Å². The van der Waals surface area contributed by atoms with E-state index in [1.165, 1.54) is 22.8 Å². The van der Waals surface area contributed by atoms with Gasteiger partial charge in [0.1, 0.15) is 5.82 Å². The molecule has 0 bridgehead atoms. The van der Waals surface area contributed by atoms with E-state index in [-0.39, 0.29) is 24.1 Å². The van der Waals surface area contributed by atoms with Gasteiger partial charge in [0.25, 0.3) is 0 Å². The van der Waals surface area contributed by atoms with Crippen LogP contribution in [-0.2, 0) is 6.54 Å². The highest BCUT2D eigenvalue weighted by molar-refractivity contribution is 8.00. The van der Waals surface area contributed by atoms with Crippen LogP contribution in [0.3, 0.4) is 0 Å². The number of thioether (sulfide) groups is 1. The smallest absolute Gasteiger partial charge is 0.331 e. The summed E-state index contributed by atoms with van der Waals surface area (Å²) in [4.78, 5) is 2.82. The third-order valence-corrected chi connectivity index (χ3v) is 3.35. The lowest BCUT2D eigenvalue weighted by Gasteiger charge is -2.07. The number of hydrogen-bond donors (Lipinski definition) is 1. The monoisotopic (exact) mass is 296 g/mol. The minimum absolute atomic E-state index is 0.0759. The number of nitrogens with zero attached hydrogens (tertiary/aromatic N) is 1. The van der Waals surface area contributed by atoms with Gasteiger partial charge < -0.3 is 9.55 Å².